The highest BCUT2D eigenvalue weighted by atomic mass is 35.5. The molecule has 0 aliphatic carbocycles. The molecular formula is C12H20Cl2O3. The first kappa shape index (κ1) is 21.5. The van der Waals surface area contributed by atoms with Crippen LogP contribution in [0.4, 0.5) is 0 Å². The van der Waals surface area contributed by atoms with E-state index >= 15 is 0 Å². The second-order valence-corrected chi connectivity index (χ2v) is 2.99. The van der Waals surface area contributed by atoms with E-state index in [-0.39, 0.29) is 11.3 Å². The van der Waals surface area contributed by atoms with Crippen LogP contribution in [0.25, 0.3) is 0 Å². The monoisotopic (exact) mass is 282 g/mol. The first-order chi connectivity index (χ1) is 8.18. The van der Waals surface area contributed by atoms with Crippen molar-refractivity contribution in [2.24, 2.45) is 0 Å². The fourth-order valence-corrected chi connectivity index (χ4v) is 0.588. The molecule has 1 aromatic carbocycles. The molecule has 0 aliphatic heterocycles. The van der Waals surface area contributed by atoms with Crippen LogP contribution in [0.5, 0.6) is 0 Å². The van der Waals surface area contributed by atoms with Crippen LogP contribution in [-0.4, -0.2) is 30.1 Å². The third kappa shape index (κ3) is 39.4. The quantitative estimate of drug-likeness (QED) is 0.635. The Balaban J connectivity index is -0.000000169. The standard InChI is InChI=1S/C6H6.C4H8O2.CH2Cl2.CH4O/c1-2-4-6-5-3-1;1-3-6-4(2)5;2-1-3;1-2/h1-6H;3H2,1-2H3;1H2;2H,1H3. The van der Waals surface area contributed by atoms with Gasteiger partial charge in [0.2, 0.25) is 0 Å². The van der Waals surface area contributed by atoms with E-state index in [1.807, 2.05) is 36.4 Å². The smallest absolute Gasteiger partial charge is 0.302 e. The zero-order valence-electron chi connectivity index (χ0n) is 10.4. The maximum atomic E-state index is 9.82. The fraction of sp³-hybridized carbons (Fsp3) is 0.417. The Kier molecular flexibility index (Phi) is 30.9. The Labute approximate surface area is 113 Å². The van der Waals surface area contributed by atoms with E-state index in [1.165, 1.54) is 6.92 Å². The van der Waals surface area contributed by atoms with Gasteiger partial charge < -0.3 is 9.84 Å². The molecule has 17 heavy (non-hydrogen) atoms. The van der Waals surface area contributed by atoms with E-state index in [1.54, 1.807) is 6.92 Å². The Morgan fingerprint density at radius 1 is 1.06 bits per heavy atom. The lowest BCUT2D eigenvalue weighted by molar-refractivity contribution is -0.140. The van der Waals surface area contributed by atoms with E-state index in [2.05, 4.69) is 4.74 Å². The number of aliphatic hydroxyl groups is 1. The summed E-state index contributed by atoms with van der Waals surface area (Å²) in [6.07, 6.45) is 0. The van der Waals surface area contributed by atoms with Crippen molar-refractivity contribution in [1.82, 2.24) is 0 Å². The van der Waals surface area contributed by atoms with Crippen LogP contribution in [0.1, 0.15) is 13.8 Å². The highest BCUT2D eigenvalue weighted by molar-refractivity contribution is 6.40. The lowest BCUT2D eigenvalue weighted by atomic mass is 10.4. The molecule has 0 unspecified atom stereocenters. The molecule has 0 bridgehead atoms. The fourth-order valence-electron chi connectivity index (χ4n) is 0.588. The molecular weight excluding hydrogens is 263 g/mol. The van der Waals surface area contributed by atoms with Crippen molar-refractivity contribution >= 4 is 29.2 Å². The normalized spacial score (nSPS) is 6.94. The minimum Gasteiger partial charge on any atom is -0.466 e. The first-order valence-corrected chi connectivity index (χ1v) is 5.95. The van der Waals surface area contributed by atoms with Gasteiger partial charge in [-0.3, -0.25) is 4.79 Å². The van der Waals surface area contributed by atoms with Gasteiger partial charge in [-0.15, -0.1) is 23.2 Å². The Hall–Kier alpha value is -0.770. The third-order valence-electron chi connectivity index (χ3n) is 1.01. The van der Waals surface area contributed by atoms with Crippen LogP contribution in [0.3, 0.4) is 0 Å². The van der Waals surface area contributed by atoms with Crippen molar-refractivity contribution in [3.63, 3.8) is 0 Å². The Morgan fingerprint density at radius 3 is 1.35 bits per heavy atom. The van der Waals surface area contributed by atoms with E-state index in [0.717, 1.165) is 7.11 Å². The van der Waals surface area contributed by atoms with Crippen molar-refractivity contribution in [3.8, 4) is 0 Å². The second kappa shape index (κ2) is 24.5. The average Bonchev–Trinajstić information content (AvgIpc) is 2.35. The number of rotatable bonds is 1. The van der Waals surface area contributed by atoms with Crippen LogP contribution in [0.2, 0.25) is 0 Å². The SMILES string of the molecule is CCOC(C)=O.CO.ClCCl.c1ccccc1. The van der Waals surface area contributed by atoms with E-state index in [4.69, 9.17) is 28.3 Å². The van der Waals surface area contributed by atoms with Gasteiger partial charge >= 0.3 is 5.97 Å². The van der Waals surface area contributed by atoms with E-state index in [9.17, 15) is 4.79 Å². The third-order valence-corrected chi connectivity index (χ3v) is 1.01. The van der Waals surface area contributed by atoms with Crippen molar-refractivity contribution in [3.05, 3.63) is 36.4 Å². The molecule has 0 saturated carbocycles. The summed E-state index contributed by atoms with van der Waals surface area (Å²) in [6, 6.07) is 12.0. The predicted octanol–water partition coefficient (Wildman–Crippen LogP) is 3.29. The molecule has 0 aliphatic rings. The number of benzene rings is 1. The molecule has 0 radical (unpaired) electrons. The topological polar surface area (TPSA) is 46.5 Å². The van der Waals surface area contributed by atoms with Crippen molar-refractivity contribution in [1.29, 1.82) is 0 Å². The lowest BCUT2D eigenvalue weighted by Gasteiger charge is -1.89. The molecule has 1 N–H and O–H groups in total. The molecule has 0 spiro atoms. The van der Waals surface area contributed by atoms with Gasteiger partial charge in [0.05, 0.1) is 11.9 Å². The molecule has 0 aromatic heterocycles. The van der Waals surface area contributed by atoms with Gasteiger partial charge in [0.1, 0.15) is 0 Å². The number of esters is 1. The van der Waals surface area contributed by atoms with Crippen LogP contribution in [0.15, 0.2) is 36.4 Å². The molecule has 0 saturated heterocycles. The highest BCUT2D eigenvalue weighted by Crippen LogP contribution is 1.79. The summed E-state index contributed by atoms with van der Waals surface area (Å²) >= 11 is 9.53. The zero-order valence-corrected chi connectivity index (χ0v) is 11.9. The van der Waals surface area contributed by atoms with Crippen LogP contribution >= 0.6 is 23.2 Å². The van der Waals surface area contributed by atoms with Crippen LogP contribution < -0.4 is 0 Å². The number of alkyl halides is 2. The van der Waals surface area contributed by atoms with E-state index < -0.39 is 0 Å². The average molecular weight is 283 g/mol. The maximum absolute atomic E-state index is 9.82. The summed E-state index contributed by atoms with van der Waals surface area (Å²) in [6.45, 7) is 3.65. The Morgan fingerprint density at radius 2 is 1.29 bits per heavy atom. The zero-order chi connectivity index (χ0) is 13.9. The number of ether oxygens (including phenoxy) is 1. The van der Waals surface area contributed by atoms with Crippen molar-refractivity contribution < 1.29 is 14.6 Å². The number of hydrogen-bond donors (Lipinski definition) is 1. The molecule has 1 aromatic rings. The van der Waals surface area contributed by atoms with Gasteiger partial charge in [0.25, 0.3) is 0 Å². The van der Waals surface area contributed by atoms with Gasteiger partial charge in [-0.2, -0.15) is 0 Å². The minimum atomic E-state index is -0.211. The summed E-state index contributed by atoms with van der Waals surface area (Å²) in [5, 5.41) is 7.19. The van der Waals surface area contributed by atoms with Gasteiger partial charge in [-0.1, -0.05) is 36.4 Å². The van der Waals surface area contributed by atoms with E-state index in [0.29, 0.717) is 6.61 Å². The lowest BCUT2D eigenvalue weighted by Crippen LogP contribution is -1.95. The maximum Gasteiger partial charge on any atom is 0.302 e. The molecule has 3 nitrogen and oxygen atoms in total. The number of halogens is 2. The first-order valence-electron chi connectivity index (χ1n) is 4.89. The molecule has 0 atom stereocenters. The van der Waals surface area contributed by atoms with Gasteiger partial charge in [0, 0.05) is 14.0 Å². The summed E-state index contributed by atoms with van der Waals surface area (Å²) in [5.74, 6) is -0.211. The molecule has 0 amide bonds. The van der Waals surface area contributed by atoms with Gasteiger partial charge in [-0.05, 0) is 6.92 Å². The summed E-state index contributed by atoms with van der Waals surface area (Å²) in [7, 11) is 1.00. The summed E-state index contributed by atoms with van der Waals surface area (Å²) < 4.78 is 4.40. The summed E-state index contributed by atoms with van der Waals surface area (Å²) in [5.41, 5.74) is 0. The molecule has 100 valence electrons. The molecule has 1 rings (SSSR count). The molecule has 0 fully saturated rings. The van der Waals surface area contributed by atoms with Crippen molar-refractivity contribution in [2.45, 2.75) is 13.8 Å². The van der Waals surface area contributed by atoms with Gasteiger partial charge in [-0.25, -0.2) is 0 Å². The largest absolute Gasteiger partial charge is 0.466 e. The number of carbonyl (C=O) groups is 1. The second-order valence-electron chi connectivity index (χ2n) is 2.18. The molecule has 0 heterocycles. The predicted molar refractivity (Wildman–Crippen MR) is 73.5 cm³/mol. The number of aliphatic hydroxyl groups excluding tert-OH is 1. The van der Waals surface area contributed by atoms with Crippen LogP contribution in [-0.2, 0) is 9.53 Å². The number of hydrogen-bond acceptors (Lipinski definition) is 3. The summed E-state index contributed by atoms with van der Waals surface area (Å²) in [4.78, 5) is 9.82. The molecule has 5 heteroatoms. The van der Waals surface area contributed by atoms with Crippen molar-refractivity contribution in [2.75, 3.05) is 19.1 Å². The minimum absolute atomic E-state index is 0.194. The number of carbonyl (C=O) groups excluding carboxylic acids is 1. The van der Waals surface area contributed by atoms with Crippen LogP contribution in [0, 0.1) is 0 Å². The van der Waals surface area contributed by atoms with Gasteiger partial charge in [0.15, 0.2) is 0 Å². The Bertz CT molecular complexity index is 192. The highest BCUT2D eigenvalue weighted by Gasteiger charge is 1.81.